The van der Waals surface area contributed by atoms with Gasteiger partial charge in [0.05, 0.1) is 10.7 Å². The number of halogens is 1. The summed E-state index contributed by atoms with van der Waals surface area (Å²) in [7, 11) is 0. The molecule has 0 radical (unpaired) electrons. The number of nitrogens with zero attached hydrogens (tertiary/aromatic N) is 3. The highest BCUT2D eigenvalue weighted by Gasteiger charge is 2.13. The summed E-state index contributed by atoms with van der Waals surface area (Å²) in [6.45, 7) is 2.03. The maximum absolute atomic E-state index is 6.24. The van der Waals surface area contributed by atoms with Gasteiger partial charge in [-0.25, -0.2) is 4.98 Å². The quantitative estimate of drug-likeness (QED) is 0.378. The summed E-state index contributed by atoms with van der Waals surface area (Å²) in [5, 5.41) is 12.5. The first-order valence-corrected chi connectivity index (χ1v) is 10.2. The molecular formula is C19H14ClN3OS2. The van der Waals surface area contributed by atoms with Gasteiger partial charge < -0.3 is 4.42 Å². The van der Waals surface area contributed by atoms with Crippen LogP contribution < -0.4 is 0 Å². The Balaban J connectivity index is 1.46. The number of aryl methyl sites for hydroxylation is 1. The lowest BCUT2D eigenvalue weighted by Gasteiger charge is -1.99. The molecular weight excluding hydrogens is 386 g/mol. The predicted octanol–water partition coefficient (Wildman–Crippen LogP) is 6.11. The largest absolute Gasteiger partial charge is 0.411 e. The van der Waals surface area contributed by atoms with E-state index in [9.17, 15) is 0 Å². The highest BCUT2D eigenvalue weighted by Crippen LogP contribution is 2.32. The van der Waals surface area contributed by atoms with Gasteiger partial charge in [-0.15, -0.1) is 21.5 Å². The molecule has 2 aromatic heterocycles. The van der Waals surface area contributed by atoms with Crippen molar-refractivity contribution in [1.29, 1.82) is 0 Å². The van der Waals surface area contributed by atoms with Crippen molar-refractivity contribution in [2.75, 3.05) is 0 Å². The molecule has 0 aliphatic carbocycles. The third-order valence-corrected chi connectivity index (χ3v) is 5.89. The summed E-state index contributed by atoms with van der Waals surface area (Å²) in [5.74, 6) is 1.21. The molecule has 0 saturated carbocycles. The zero-order valence-electron chi connectivity index (χ0n) is 13.8. The fraction of sp³-hybridized carbons (Fsp3) is 0.105. The molecule has 0 aliphatic heterocycles. The maximum atomic E-state index is 6.24. The van der Waals surface area contributed by atoms with Gasteiger partial charge in [0.25, 0.3) is 5.22 Å². The molecule has 26 heavy (non-hydrogen) atoms. The van der Waals surface area contributed by atoms with E-state index in [2.05, 4.69) is 15.2 Å². The van der Waals surface area contributed by atoms with Crippen LogP contribution in [-0.2, 0) is 5.75 Å². The lowest BCUT2D eigenvalue weighted by molar-refractivity contribution is 0.465. The topological polar surface area (TPSA) is 51.8 Å². The summed E-state index contributed by atoms with van der Waals surface area (Å²) in [6, 6.07) is 15.7. The number of aromatic nitrogens is 3. The Morgan fingerprint density at radius 2 is 1.81 bits per heavy atom. The predicted molar refractivity (Wildman–Crippen MR) is 107 cm³/mol. The van der Waals surface area contributed by atoms with Gasteiger partial charge in [0.15, 0.2) is 0 Å². The molecule has 4 rings (SSSR count). The molecule has 4 nitrogen and oxygen atoms in total. The Morgan fingerprint density at radius 3 is 2.62 bits per heavy atom. The van der Waals surface area contributed by atoms with E-state index >= 15 is 0 Å². The number of benzene rings is 2. The summed E-state index contributed by atoms with van der Waals surface area (Å²) in [4.78, 5) is 4.66. The minimum atomic E-state index is 0.538. The van der Waals surface area contributed by atoms with Gasteiger partial charge in [-0.2, -0.15) is 0 Å². The lowest BCUT2D eigenvalue weighted by atomic mass is 10.1. The third kappa shape index (κ3) is 3.67. The van der Waals surface area contributed by atoms with Crippen molar-refractivity contribution in [3.63, 3.8) is 0 Å². The van der Waals surface area contributed by atoms with Crippen LogP contribution in [0.2, 0.25) is 5.02 Å². The third-order valence-electron chi connectivity index (χ3n) is 3.78. The van der Waals surface area contributed by atoms with E-state index in [1.807, 2.05) is 60.8 Å². The number of rotatable bonds is 5. The van der Waals surface area contributed by atoms with Crippen LogP contribution in [0.25, 0.3) is 22.0 Å². The average Bonchev–Trinajstić information content (AvgIpc) is 3.30. The molecule has 7 heteroatoms. The van der Waals surface area contributed by atoms with Crippen LogP contribution in [0.4, 0.5) is 0 Å². The molecule has 0 saturated heterocycles. The van der Waals surface area contributed by atoms with Crippen LogP contribution in [-0.4, -0.2) is 15.2 Å². The maximum Gasteiger partial charge on any atom is 0.277 e. The fourth-order valence-electron chi connectivity index (χ4n) is 2.46. The molecule has 130 valence electrons. The van der Waals surface area contributed by atoms with E-state index in [0.29, 0.717) is 21.9 Å². The van der Waals surface area contributed by atoms with Crippen molar-refractivity contribution in [2.45, 2.75) is 17.9 Å². The normalized spacial score (nSPS) is 11.0. The van der Waals surface area contributed by atoms with Gasteiger partial charge in [0, 0.05) is 22.3 Å². The summed E-state index contributed by atoms with van der Waals surface area (Å²) in [6.07, 6.45) is 0. The molecule has 0 fully saturated rings. The highest BCUT2D eigenvalue weighted by molar-refractivity contribution is 7.98. The van der Waals surface area contributed by atoms with Crippen molar-refractivity contribution < 1.29 is 4.42 Å². The Bertz CT molecular complexity index is 961. The molecule has 0 unspecified atom stereocenters. The van der Waals surface area contributed by atoms with Gasteiger partial charge >= 0.3 is 0 Å². The second kappa shape index (κ2) is 7.61. The van der Waals surface area contributed by atoms with Crippen molar-refractivity contribution in [1.82, 2.24) is 15.2 Å². The van der Waals surface area contributed by atoms with Gasteiger partial charge in [-0.1, -0.05) is 59.8 Å². The number of hydrogen-bond donors (Lipinski definition) is 0. The monoisotopic (exact) mass is 399 g/mol. The van der Waals surface area contributed by atoms with Crippen LogP contribution >= 0.6 is 34.7 Å². The smallest absolute Gasteiger partial charge is 0.277 e. The first-order valence-electron chi connectivity index (χ1n) is 7.92. The molecule has 2 heterocycles. The van der Waals surface area contributed by atoms with E-state index in [0.717, 1.165) is 27.4 Å². The van der Waals surface area contributed by atoms with Gasteiger partial charge in [0.2, 0.25) is 5.89 Å². The van der Waals surface area contributed by atoms with Crippen molar-refractivity contribution in [3.8, 4) is 22.0 Å². The van der Waals surface area contributed by atoms with Crippen LogP contribution in [0, 0.1) is 6.92 Å². The lowest BCUT2D eigenvalue weighted by Crippen LogP contribution is -1.83. The molecule has 4 aromatic rings. The Morgan fingerprint density at radius 1 is 1.04 bits per heavy atom. The van der Waals surface area contributed by atoms with Gasteiger partial charge in [0.1, 0.15) is 5.01 Å². The van der Waals surface area contributed by atoms with E-state index in [4.69, 9.17) is 16.0 Å². The first-order chi connectivity index (χ1) is 12.7. The second-order valence-corrected chi connectivity index (χ2v) is 7.79. The van der Waals surface area contributed by atoms with Crippen LogP contribution in [0.5, 0.6) is 0 Å². The van der Waals surface area contributed by atoms with Crippen LogP contribution in [0.15, 0.2) is 63.6 Å². The average molecular weight is 400 g/mol. The van der Waals surface area contributed by atoms with Crippen LogP contribution in [0.1, 0.15) is 11.3 Å². The minimum absolute atomic E-state index is 0.538. The van der Waals surface area contributed by atoms with Crippen molar-refractivity contribution >= 4 is 34.7 Å². The number of thioether (sulfide) groups is 1. The van der Waals surface area contributed by atoms with E-state index in [1.54, 1.807) is 11.3 Å². The van der Waals surface area contributed by atoms with E-state index in [-0.39, 0.29) is 0 Å². The second-order valence-electron chi connectivity index (χ2n) is 5.60. The Kier molecular flexibility index (Phi) is 5.06. The zero-order valence-corrected chi connectivity index (χ0v) is 16.2. The zero-order chi connectivity index (χ0) is 17.9. The van der Waals surface area contributed by atoms with Crippen molar-refractivity contribution in [3.05, 3.63) is 70.2 Å². The van der Waals surface area contributed by atoms with E-state index in [1.165, 1.54) is 11.8 Å². The number of hydrogen-bond acceptors (Lipinski definition) is 6. The molecule has 0 spiro atoms. The molecule has 0 bridgehead atoms. The van der Waals surface area contributed by atoms with Crippen LogP contribution in [0.3, 0.4) is 0 Å². The van der Waals surface area contributed by atoms with Gasteiger partial charge in [-0.3, -0.25) is 0 Å². The standard InChI is InChI=1S/C19H14ClN3OS2/c1-12-6-2-3-7-14(12)17-22-23-19(24-17)26-11-13-10-25-18(21-13)15-8-4-5-9-16(15)20/h2-10H,11H2,1H3. The summed E-state index contributed by atoms with van der Waals surface area (Å²) >= 11 is 9.30. The molecule has 0 amide bonds. The van der Waals surface area contributed by atoms with Gasteiger partial charge in [-0.05, 0) is 24.6 Å². The molecule has 2 aromatic carbocycles. The summed E-state index contributed by atoms with van der Waals surface area (Å²) < 4.78 is 5.78. The van der Waals surface area contributed by atoms with E-state index < -0.39 is 0 Å². The summed E-state index contributed by atoms with van der Waals surface area (Å²) in [5.41, 5.74) is 3.98. The fourth-order valence-corrected chi connectivity index (χ4v) is 4.36. The Labute approximate surface area is 164 Å². The first kappa shape index (κ1) is 17.3. The molecule has 0 aliphatic rings. The number of thiazole rings is 1. The Hall–Kier alpha value is -2.15. The minimum Gasteiger partial charge on any atom is -0.411 e. The highest BCUT2D eigenvalue weighted by atomic mass is 35.5. The van der Waals surface area contributed by atoms with Crippen molar-refractivity contribution in [2.24, 2.45) is 0 Å². The molecule has 0 N–H and O–H groups in total. The molecule has 0 atom stereocenters. The SMILES string of the molecule is Cc1ccccc1-c1nnc(SCc2csc(-c3ccccc3Cl)n2)o1.